The van der Waals surface area contributed by atoms with E-state index in [0.29, 0.717) is 5.82 Å². The molecule has 2 aromatic rings. The third kappa shape index (κ3) is 3.95. The van der Waals surface area contributed by atoms with Gasteiger partial charge in [0, 0.05) is 22.7 Å². The highest BCUT2D eigenvalue weighted by molar-refractivity contribution is 7.97. The van der Waals surface area contributed by atoms with Crippen molar-refractivity contribution in [3.05, 3.63) is 58.7 Å². The summed E-state index contributed by atoms with van der Waals surface area (Å²) in [5.74, 6) is 2.49. The van der Waals surface area contributed by atoms with Crippen LogP contribution >= 0.6 is 23.4 Å². The highest BCUT2D eigenvalue weighted by Gasteiger charge is 1.97. The first kappa shape index (κ1) is 12.3. The van der Waals surface area contributed by atoms with Crippen molar-refractivity contribution < 1.29 is 0 Å². The van der Waals surface area contributed by atoms with Crippen LogP contribution in [0.4, 0.5) is 5.82 Å². The summed E-state index contributed by atoms with van der Waals surface area (Å²) in [7, 11) is 0. The van der Waals surface area contributed by atoms with E-state index in [2.05, 4.69) is 17.1 Å². The Morgan fingerprint density at radius 1 is 1.06 bits per heavy atom. The van der Waals surface area contributed by atoms with Crippen LogP contribution < -0.4 is 5.73 Å². The first-order valence-corrected chi connectivity index (χ1v) is 6.80. The first-order valence-electron chi connectivity index (χ1n) is 5.26. The summed E-state index contributed by atoms with van der Waals surface area (Å²) in [5, 5.41) is 0.778. The predicted octanol–water partition coefficient (Wildman–Crippen LogP) is 3.75. The van der Waals surface area contributed by atoms with Crippen LogP contribution in [-0.4, -0.2) is 4.98 Å². The van der Waals surface area contributed by atoms with Crippen LogP contribution in [0.5, 0.6) is 0 Å². The van der Waals surface area contributed by atoms with Crippen LogP contribution in [0.2, 0.25) is 5.02 Å². The van der Waals surface area contributed by atoms with Crippen LogP contribution in [0.15, 0.2) is 42.6 Å². The summed E-state index contributed by atoms with van der Waals surface area (Å²) < 4.78 is 0. The predicted molar refractivity (Wildman–Crippen MR) is 75.1 cm³/mol. The van der Waals surface area contributed by atoms with E-state index in [0.717, 1.165) is 16.5 Å². The molecule has 2 nitrogen and oxygen atoms in total. The number of aromatic nitrogens is 1. The van der Waals surface area contributed by atoms with Crippen molar-refractivity contribution >= 4 is 29.2 Å². The Bertz CT molecular complexity index is 485. The number of halogens is 1. The summed E-state index contributed by atoms with van der Waals surface area (Å²) in [6, 6.07) is 11.8. The van der Waals surface area contributed by atoms with E-state index >= 15 is 0 Å². The number of nitrogens with two attached hydrogens (primary N) is 1. The van der Waals surface area contributed by atoms with Gasteiger partial charge in [-0.15, -0.1) is 0 Å². The maximum atomic E-state index is 5.83. The molecule has 0 aliphatic carbocycles. The Kier molecular flexibility index (Phi) is 4.29. The second kappa shape index (κ2) is 5.94. The Hall–Kier alpha value is -1.19. The number of hydrogen-bond donors (Lipinski definition) is 1. The van der Waals surface area contributed by atoms with Gasteiger partial charge in [0.1, 0.15) is 5.82 Å². The zero-order valence-electron chi connectivity index (χ0n) is 9.27. The fraction of sp³-hybridized carbons (Fsp3) is 0.154. The number of nitrogens with zero attached hydrogens (tertiary/aromatic N) is 1. The highest BCUT2D eigenvalue weighted by atomic mass is 35.5. The number of nitrogen functional groups attached to an aromatic ring is 1. The van der Waals surface area contributed by atoms with E-state index < -0.39 is 0 Å². The lowest BCUT2D eigenvalue weighted by Gasteiger charge is -2.03. The minimum Gasteiger partial charge on any atom is -0.384 e. The van der Waals surface area contributed by atoms with Crippen molar-refractivity contribution in [3.8, 4) is 0 Å². The molecule has 2 rings (SSSR count). The van der Waals surface area contributed by atoms with E-state index in [4.69, 9.17) is 17.3 Å². The molecule has 17 heavy (non-hydrogen) atoms. The lowest BCUT2D eigenvalue weighted by atomic mass is 10.2. The second-order valence-corrected chi connectivity index (χ2v) is 5.13. The molecule has 0 saturated carbocycles. The van der Waals surface area contributed by atoms with Crippen molar-refractivity contribution in [1.29, 1.82) is 0 Å². The molecular weight excluding hydrogens is 252 g/mol. The van der Waals surface area contributed by atoms with Gasteiger partial charge in [0.15, 0.2) is 0 Å². The molecule has 0 fully saturated rings. The van der Waals surface area contributed by atoms with Crippen molar-refractivity contribution in [2.45, 2.75) is 11.5 Å². The van der Waals surface area contributed by atoms with E-state index in [1.807, 2.05) is 36.0 Å². The molecular formula is C13H13ClN2S. The molecule has 1 heterocycles. The van der Waals surface area contributed by atoms with Crippen LogP contribution in [0.3, 0.4) is 0 Å². The lowest BCUT2D eigenvalue weighted by Crippen LogP contribution is -1.91. The standard InChI is InChI=1S/C13H13ClN2S/c14-12-3-1-10(2-4-12)8-17-9-11-5-6-16-13(15)7-11/h1-7H,8-9H2,(H2,15,16). The third-order valence-corrected chi connectivity index (χ3v) is 3.62. The molecule has 0 aliphatic rings. The number of benzene rings is 1. The van der Waals surface area contributed by atoms with Gasteiger partial charge in [0.2, 0.25) is 0 Å². The SMILES string of the molecule is Nc1cc(CSCc2ccc(Cl)cc2)ccn1. The maximum Gasteiger partial charge on any atom is 0.123 e. The fourth-order valence-electron chi connectivity index (χ4n) is 1.45. The van der Waals surface area contributed by atoms with Gasteiger partial charge in [-0.05, 0) is 35.4 Å². The van der Waals surface area contributed by atoms with E-state index in [9.17, 15) is 0 Å². The highest BCUT2D eigenvalue weighted by Crippen LogP contribution is 2.19. The van der Waals surface area contributed by atoms with E-state index in [-0.39, 0.29) is 0 Å². The van der Waals surface area contributed by atoms with Crippen LogP contribution in [0.1, 0.15) is 11.1 Å². The summed E-state index contributed by atoms with van der Waals surface area (Å²) in [4.78, 5) is 3.97. The molecule has 0 unspecified atom stereocenters. The summed E-state index contributed by atoms with van der Waals surface area (Å²) >= 11 is 7.68. The number of hydrogen-bond acceptors (Lipinski definition) is 3. The Labute approximate surface area is 110 Å². The molecule has 0 saturated heterocycles. The number of thioether (sulfide) groups is 1. The fourth-order valence-corrected chi connectivity index (χ4v) is 2.52. The van der Waals surface area contributed by atoms with E-state index in [1.165, 1.54) is 11.1 Å². The molecule has 4 heteroatoms. The zero-order valence-corrected chi connectivity index (χ0v) is 10.8. The number of rotatable bonds is 4. The van der Waals surface area contributed by atoms with Gasteiger partial charge in [-0.1, -0.05) is 23.7 Å². The average molecular weight is 265 g/mol. The number of anilines is 1. The van der Waals surface area contributed by atoms with E-state index in [1.54, 1.807) is 6.20 Å². The van der Waals surface area contributed by atoms with Crippen LogP contribution in [0.25, 0.3) is 0 Å². The van der Waals surface area contributed by atoms with Crippen LogP contribution in [-0.2, 0) is 11.5 Å². The molecule has 1 aromatic carbocycles. The maximum absolute atomic E-state index is 5.83. The molecule has 88 valence electrons. The van der Waals surface area contributed by atoms with Gasteiger partial charge in [-0.2, -0.15) is 11.8 Å². The normalized spacial score (nSPS) is 10.4. The van der Waals surface area contributed by atoms with Crippen molar-refractivity contribution in [1.82, 2.24) is 4.98 Å². The van der Waals surface area contributed by atoms with Gasteiger partial charge in [-0.3, -0.25) is 0 Å². The molecule has 0 atom stereocenters. The molecule has 2 N–H and O–H groups in total. The third-order valence-electron chi connectivity index (χ3n) is 2.30. The van der Waals surface area contributed by atoms with Gasteiger partial charge >= 0.3 is 0 Å². The van der Waals surface area contributed by atoms with Gasteiger partial charge in [0.05, 0.1) is 0 Å². The minimum atomic E-state index is 0.578. The summed E-state index contributed by atoms with van der Waals surface area (Å²) in [6.07, 6.45) is 1.74. The molecule has 0 radical (unpaired) electrons. The number of pyridine rings is 1. The molecule has 0 bridgehead atoms. The zero-order chi connectivity index (χ0) is 12.1. The Morgan fingerprint density at radius 2 is 1.76 bits per heavy atom. The van der Waals surface area contributed by atoms with Crippen molar-refractivity contribution in [2.75, 3.05) is 5.73 Å². The van der Waals surface area contributed by atoms with Gasteiger partial charge in [0.25, 0.3) is 0 Å². The smallest absolute Gasteiger partial charge is 0.123 e. The minimum absolute atomic E-state index is 0.578. The molecule has 1 aromatic heterocycles. The average Bonchev–Trinajstić information content (AvgIpc) is 2.32. The largest absolute Gasteiger partial charge is 0.384 e. The van der Waals surface area contributed by atoms with Crippen LogP contribution in [0, 0.1) is 0 Å². The van der Waals surface area contributed by atoms with Crippen molar-refractivity contribution in [2.24, 2.45) is 0 Å². The lowest BCUT2D eigenvalue weighted by molar-refractivity contribution is 1.27. The summed E-state index contributed by atoms with van der Waals surface area (Å²) in [5.41, 5.74) is 8.11. The van der Waals surface area contributed by atoms with Gasteiger partial charge < -0.3 is 5.73 Å². The molecule has 0 amide bonds. The van der Waals surface area contributed by atoms with Crippen molar-refractivity contribution in [3.63, 3.8) is 0 Å². The monoisotopic (exact) mass is 264 g/mol. The first-order chi connectivity index (χ1) is 8.24. The van der Waals surface area contributed by atoms with Gasteiger partial charge in [-0.25, -0.2) is 4.98 Å². The summed E-state index contributed by atoms with van der Waals surface area (Å²) in [6.45, 7) is 0. The second-order valence-electron chi connectivity index (χ2n) is 3.71. The topological polar surface area (TPSA) is 38.9 Å². The molecule has 0 aliphatic heterocycles. The Morgan fingerprint density at radius 3 is 2.47 bits per heavy atom. The molecule has 0 spiro atoms. The quantitative estimate of drug-likeness (QED) is 0.914. The Balaban J connectivity index is 1.85.